The minimum absolute atomic E-state index is 0.0227. The van der Waals surface area contributed by atoms with E-state index in [9.17, 15) is 10.1 Å². The van der Waals surface area contributed by atoms with E-state index in [0.717, 1.165) is 6.42 Å². The SMILES string of the molecule is CCC(C)Oc1ccc(-c2nc(SC)[nH]c(=O)c2C#N)cc1OC. The Morgan fingerprint density at radius 3 is 2.75 bits per heavy atom. The molecule has 0 saturated heterocycles. The fraction of sp³-hybridized carbons (Fsp3) is 0.353. The average Bonchev–Trinajstić information content (AvgIpc) is 2.61. The van der Waals surface area contributed by atoms with Crippen LogP contribution in [-0.2, 0) is 0 Å². The molecule has 6 nitrogen and oxygen atoms in total. The molecule has 2 aromatic rings. The molecular formula is C17H19N3O3S. The highest BCUT2D eigenvalue weighted by Gasteiger charge is 2.16. The molecule has 126 valence electrons. The van der Waals surface area contributed by atoms with Crippen molar-refractivity contribution >= 4 is 11.8 Å². The second-order valence-electron chi connectivity index (χ2n) is 5.11. The fourth-order valence-corrected chi connectivity index (χ4v) is 2.45. The second-order valence-corrected chi connectivity index (χ2v) is 5.91. The Bertz CT molecular complexity index is 827. The van der Waals surface area contributed by atoms with E-state index in [1.165, 1.54) is 11.8 Å². The number of nitriles is 1. The Hall–Kier alpha value is -2.46. The third kappa shape index (κ3) is 3.71. The first-order valence-electron chi connectivity index (χ1n) is 7.47. The lowest BCUT2D eigenvalue weighted by Gasteiger charge is -2.16. The molecule has 0 bridgehead atoms. The summed E-state index contributed by atoms with van der Waals surface area (Å²) in [4.78, 5) is 19.0. The second kappa shape index (κ2) is 7.88. The quantitative estimate of drug-likeness (QED) is 0.639. The standard InChI is InChI=1S/C17H19N3O3S/c1-5-10(2)23-13-7-6-11(8-14(13)22-3)15-12(9-18)16(21)20-17(19-15)24-4/h6-8,10H,5H2,1-4H3,(H,19,20,21). The summed E-state index contributed by atoms with van der Waals surface area (Å²) in [5.74, 6) is 1.15. The number of H-pyrrole nitrogens is 1. The minimum atomic E-state index is -0.453. The molecular weight excluding hydrogens is 326 g/mol. The van der Waals surface area contributed by atoms with Crippen molar-refractivity contribution in [2.75, 3.05) is 13.4 Å². The van der Waals surface area contributed by atoms with E-state index in [4.69, 9.17) is 9.47 Å². The van der Waals surface area contributed by atoms with E-state index < -0.39 is 5.56 Å². The van der Waals surface area contributed by atoms with Crippen LogP contribution in [0, 0.1) is 11.3 Å². The summed E-state index contributed by atoms with van der Waals surface area (Å²) in [6.07, 6.45) is 2.73. The summed E-state index contributed by atoms with van der Waals surface area (Å²) < 4.78 is 11.2. The van der Waals surface area contributed by atoms with E-state index in [2.05, 4.69) is 9.97 Å². The number of benzene rings is 1. The van der Waals surface area contributed by atoms with Gasteiger partial charge in [0.1, 0.15) is 11.6 Å². The lowest BCUT2D eigenvalue weighted by atomic mass is 10.1. The fourth-order valence-electron chi connectivity index (χ4n) is 2.07. The predicted octanol–water partition coefficient (Wildman–Crippen LogP) is 3.22. The van der Waals surface area contributed by atoms with E-state index in [1.807, 2.05) is 19.9 Å². The molecule has 1 heterocycles. The van der Waals surface area contributed by atoms with Crippen molar-refractivity contribution in [1.29, 1.82) is 5.26 Å². The first kappa shape index (κ1) is 17.9. The van der Waals surface area contributed by atoms with Crippen LogP contribution in [0.5, 0.6) is 11.5 Å². The summed E-state index contributed by atoms with van der Waals surface area (Å²) in [6, 6.07) is 7.18. The van der Waals surface area contributed by atoms with Crippen LogP contribution in [0.25, 0.3) is 11.3 Å². The Morgan fingerprint density at radius 1 is 1.42 bits per heavy atom. The minimum Gasteiger partial charge on any atom is -0.493 e. The van der Waals surface area contributed by atoms with Crippen molar-refractivity contribution in [3.63, 3.8) is 0 Å². The van der Waals surface area contributed by atoms with Crippen LogP contribution in [-0.4, -0.2) is 29.4 Å². The van der Waals surface area contributed by atoms with Gasteiger partial charge in [-0.15, -0.1) is 0 Å². The van der Waals surface area contributed by atoms with Gasteiger partial charge in [-0.3, -0.25) is 4.79 Å². The molecule has 0 aliphatic carbocycles. The highest BCUT2D eigenvalue weighted by atomic mass is 32.2. The van der Waals surface area contributed by atoms with Crippen molar-refractivity contribution in [3.05, 3.63) is 34.1 Å². The molecule has 1 aromatic heterocycles. The number of thioether (sulfide) groups is 1. The van der Waals surface area contributed by atoms with Crippen LogP contribution in [0.4, 0.5) is 0 Å². The molecule has 0 saturated carbocycles. The first-order valence-corrected chi connectivity index (χ1v) is 8.69. The normalized spacial score (nSPS) is 11.6. The summed E-state index contributed by atoms with van der Waals surface area (Å²) in [5.41, 5.74) is 0.483. The van der Waals surface area contributed by atoms with Crippen molar-refractivity contribution in [2.45, 2.75) is 31.5 Å². The van der Waals surface area contributed by atoms with Crippen LogP contribution in [0.2, 0.25) is 0 Å². The van der Waals surface area contributed by atoms with Crippen molar-refractivity contribution in [2.24, 2.45) is 0 Å². The van der Waals surface area contributed by atoms with Gasteiger partial charge in [0, 0.05) is 5.56 Å². The number of hydrogen-bond donors (Lipinski definition) is 1. The maximum Gasteiger partial charge on any atom is 0.270 e. The van der Waals surface area contributed by atoms with E-state index in [1.54, 1.807) is 31.6 Å². The maximum absolute atomic E-state index is 12.0. The highest BCUT2D eigenvalue weighted by molar-refractivity contribution is 7.98. The number of nitrogens with one attached hydrogen (secondary N) is 1. The molecule has 1 aromatic carbocycles. The third-order valence-electron chi connectivity index (χ3n) is 3.54. The largest absolute Gasteiger partial charge is 0.493 e. The average molecular weight is 345 g/mol. The number of aromatic amines is 1. The monoisotopic (exact) mass is 345 g/mol. The van der Waals surface area contributed by atoms with Gasteiger partial charge in [-0.25, -0.2) is 4.98 Å². The van der Waals surface area contributed by atoms with E-state index in [-0.39, 0.29) is 11.7 Å². The molecule has 0 spiro atoms. The molecule has 1 N–H and O–H groups in total. The van der Waals surface area contributed by atoms with Gasteiger partial charge < -0.3 is 14.5 Å². The van der Waals surface area contributed by atoms with Crippen LogP contribution in [0.1, 0.15) is 25.8 Å². The molecule has 1 atom stereocenters. The maximum atomic E-state index is 12.0. The zero-order valence-electron chi connectivity index (χ0n) is 14.0. The number of ether oxygens (including phenoxy) is 2. The Balaban J connectivity index is 2.56. The van der Waals surface area contributed by atoms with Gasteiger partial charge in [-0.05, 0) is 37.8 Å². The highest BCUT2D eigenvalue weighted by Crippen LogP contribution is 2.33. The van der Waals surface area contributed by atoms with Crippen molar-refractivity contribution < 1.29 is 9.47 Å². The van der Waals surface area contributed by atoms with Gasteiger partial charge in [0.15, 0.2) is 16.7 Å². The number of rotatable bonds is 6. The molecule has 0 amide bonds. The molecule has 1 unspecified atom stereocenters. The van der Waals surface area contributed by atoms with E-state index >= 15 is 0 Å². The molecule has 0 radical (unpaired) electrons. The van der Waals surface area contributed by atoms with Crippen LogP contribution in [0.15, 0.2) is 28.2 Å². The molecule has 0 aliphatic heterocycles. The van der Waals surface area contributed by atoms with Gasteiger partial charge in [-0.2, -0.15) is 5.26 Å². The molecule has 0 aliphatic rings. The zero-order valence-corrected chi connectivity index (χ0v) is 14.9. The summed E-state index contributed by atoms with van der Waals surface area (Å²) in [7, 11) is 1.55. The smallest absolute Gasteiger partial charge is 0.270 e. The van der Waals surface area contributed by atoms with Gasteiger partial charge in [-0.1, -0.05) is 18.7 Å². The Morgan fingerprint density at radius 2 is 2.17 bits per heavy atom. The van der Waals surface area contributed by atoms with Crippen LogP contribution < -0.4 is 15.0 Å². The number of methoxy groups -OCH3 is 1. The lowest BCUT2D eigenvalue weighted by Crippen LogP contribution is -2.14. The Labute approximate surface area is 144 Å². The van der Waals surface area contributed by atoms with Gasteiger partial charge in [0.25, 0.3) is 5.56 Å². The summed E-state index contributed by atoms with van der Waals surface area (Å²) >= 11 is 1.30. The summed E-state index contributed by atoms with van der Waals surface area (Å²) in [5, 5.41) is 9.74. The van der Waals surface area contributed by atoms with E-state index in [0.29, 0.717) is 27.9 Å². The number of aromatic nitrogens is 2. The van der Waals surface area contributed by atoms with Gasteiger partial charge in [0.2, 0.25) is 0 Å². The molecule has 24 heavy (non-hydrogen) atoms. The lowest BCUT2D eigenvalue weighted by molar-refractivity contribution is 0.207. The number of hydrogen-bond acceptors (Lipinski definition) is 6. The predicted molar refractivity (Wildman–Crippen MR) is 93.7 cm³/mol. The molecule has 0 fully saturated rings. The van der Waals surface area contributed by atoms with Crippen LogP contribution >= 0.6 is 11.8 Å². The number of nitrogens with zero attached hydrogens (tertiary/aromatic N) is 2. The van der Waals surface area contributed by atoms with Gasteiger partial charge in [0.05, 0.1) is 18.9 Å². The van der Waals surface area contributed by atoms with Crippen LogP contribution in [0.3, 0.4) is 0 Å². The third-order valence-corrected chi connectivity index (χ3v) is 4.12. The Kier molecular flexibility index (Phi) is 5.88. The molecule has 2 rings (SSSR count). The first-order chi connectivity index (χ1) is 11.5. The van der Waals surface area contributed by atoms with Crippen molar-refractivity contribution in [1.82, 2.24) is 9.97 Å². The zero-order chi connectivity index (χ0) is 17.7. The summed E-state index contributed by atoms with van der Waals surface area (Å²) in [6.45, 7) is 4.01. The van der Waals surface area contributed by atoms with Crippen molar-refractivity contribution in [3.8, 4) is 28.8 Å². The van der Waals surface area contributed by atoms with Gasteiger partial charge >= 0.3 is 0 Å². The topological polar surface area (TPSA) is 88.0 Å². The molecule has 7 heteroatoms.